The molecule has 0 aromatic carbocycles. The molecule has 2 aliphatic carbocycles. The molecule has 0 radical (unpaired) electrons. The van der Waals surface area contributed by atoms with Crippen molar-refractivity contribution in [1.82, 2.24) is 14.9 Å². The Morgan fingerprint density at radius 1 is 1.27 bits per heavy atom. The van der Waals surface area contributed by atoms with Gasteiger partial charge in [0.1, 0.15) is 5.15 Å². The van der Waals surface area contributed by atoms with Crippen LogP contribution in [0.4, 0.5) is 5.13 Å². The summed E-state index contributed by atoms with van der Waals surface area (Å²) in [6, 6.07) is 3.10. The Balaban J connectivity index is 1.50. The minimum atomic E-state index is -0.682. The van der Waals surface area contributed by atoms with E-state index in [0.717, 1.165) is 49.3 Å². The van der Waals surface area contributed by atoms with Gasteiger partial charge in [0, 0.05) is 47.5 Å². The molecule has 3 aliphatic rings. The molecule has 3 heterocycles. The second-order valence-electron chi connectivity index (χ2n) is 11.3. The van der Waals surface area contributed by atoms with Gasteiger partial charge >= 0.3 is 0 Å². The Morgan fingerprint density at radius 3 is 2.73 bits per heavy atom. The number of aliphatic hydroxyl groups excluding tert-OH is 2. The van der Waals surface area contributed by atoms with E-state index < -0.39 is 11.5 Å². The van der Waals surface area contributed by atoms with Gasteiger partial charge in [-0.15, -0.1) is 11.3 Å². The topological polar surface area (TPSA) is 116 Å². The van der Waals surface area contributed by atoms with Gasteiger partial charge in [-0.25, -0.2) is 9.97 Å². The van der Waals surface area contributed by atoms with E-state index in [9.17, 15) is 19.8 Å². The Morgan fingerprint density at radius 2 is 2.03 bits per heavy atom. The van der Waals surface area contributed by atoms with E-state index in [-0.39, 0.29) is 40.8 Å². The number of carbonyl (C=O) groups is 2. The first kappa shape index (κ1) is 26.5. The van der Waals surface area contributed by atoms with Crippen molar-refractivity contribution >= 4 is 39.9 Å². The number of aromatic nitrogens is 2. The maximum absolute atomic E-state index is 13.5. The van der Waals surface area contributed by atoms with Gasteiger partial charge < -0.3 is 15.1 Å². The fourth-order valence-electron chi connectivity index (χ4n) is 6.86. The largest absolute Gasteiger partial charge is 0.396 e. The van der Waals surface area contributed by atoms with E-state index in [1.165, 1.54) is 23.6 Å². The number of thiazole rings is 1. The number of fused-ring (bicyclic) bond motifs is 2. The summed E-state index contributed by atoms with van der Waals surface area (Å²) in [6.45, 7) is 5.62. The predicted molar refractivity (Wildman–Crippen MR) is 143 cm³/mol. The number of nitrogens with one attached hydrogen (secondary N) is 1. The number of hydrogen-bond acceptors (Lipinski definition) is 7. The summed E-state index contributed by atoms with van der Waals surface area (Å²) < 4.78 is 0. The molecule has 2 amide bonds. The van der Waals surface area contributed by atoms with Gasteiger partial charge in [-0.3, -0.25) is 14.9 Å². The van der Waals surface area contributed by atoms with Gasteiger partial charge in [-0.2, -0.15) is 0 Å². The molecular formula is C27H35ClN4O4S. The van der Waals surface area contributed by atoms with Crippen LogP contribution in [-0.4, -0.2) is 62.7 Å². The van der Waals surface area contributed by atoms with Crippen molar-refractivity contribution in [3.8, 4) is 0 Å². The van der Waals surface area contributed by atoms with Crippen LogP contribution in [0.15, 0.2) is 18.3 Å². The van der Waals surface area contributed by atoms with Gasteiger partial charge in [0.05, 0.1) is 18.4 Å². The molecular weight excluding hydrogens is 512 g/mol. The van der Waals surface area contributed by atoms with E-state index in [2.05, 4.69) is 17.2 Å². The van der Waals surface area contributed by atoms with E-state index in [1.807, 2.05) is 11.8 Å². The van der Waals surface area contributed by atoms with Crippen LogP contribution in [0, 0.1) is 16.7 Å². The molecule has 1 saturated heterocycles. The summed E-state index contributed by atoms with van der Waals surface area (Å²) in [5.41, 5.74) is 0.261. The Bertz CT molecular complexity index is 1180. The monoisotopic (exact) mass is 546 g/mol. The van der Waals surface area contributed by atoms with Crippen molar-refractivity contribution < 1.29 is 19.8 Å². The van der Waals surface area contributed by atoms with Crippen LogP contribution in [0.3, 0.4) is 0 Å². The van der Waals surface area contributed by atoms with E-state index >= 15 is 0 Å². The number of hydrogen-bond donors (Lipinski definition) is 3. The summed E-state index contributed by atoms with van der Waals surface area (Å²) in [7, 11) is 0. The normalized spacial score (nSPS) is 31.4. The van der Waals surface area contributed by atoms with Crippen molar-refractivity contribution in [1.29, 1.82) is 0 Å². The number of anilines is 1. The summed E-state index contributed by atoms with van der Waals surface area (Å²) >= 11 is 7.38. The molecule has 2 aromatic rings. The number of halogens is 1. The molecule has 0 spiro atoms. The average molecular weight is 547 g/mol. The standard InChI is InChI=1S/C27H35ClN4O4S/c1-26-8-6-20(34)27(2,15-33)19(26)14-18-23(17(26)13-22(35)32-10-4-3-5-11-32)30-25(37-18)31-24(36)16-7-9-29-21(28)12-16/h7,9,12,17,19-20,33-34H,3-6,8,10-11,13-15H2,1-2H3,(H,30,31,36)/t17-,19+,20-,26+,27+/m1/s1. The van der Waals surface area contributed by atoms with Gasteiger partial charge in [0.15, 0.2) is 5.13 Å². The van der Waals surface area contributed by atoms with Crippen molar-refractivity contribution in [3.05, 3.63) is 39.6 Å². The number of rotatable bonds is 5. The highest BCUT2D eigenvalue weighted by atomic mass is 35.5. The van der Waals surface area contributed by atoms with Crippen molar-refractivity contribution in [2.24, 2.45) is 16.7 Å². The van der Waals surface area contributed by atoms with Crippen LogP contribution in [0.5, 0.6) is 0 Å². The molecule has 0 unspecified atom stereocenters. The van der Waals surface area contributed by atoms with Gasteiger partial charge in [-0.05, 0) is 62.0 Å². The first-order chi connectivity index (χ1) is 17.7. The Hall–Kier alpha value is -2.07. The quantitative estimate of drug-likeness (QED) is 0.483. The van der Waals surface area contributed by atoms with Gasteiger partial charge in [-0.1, -0.05) is 25.4 Å². The fourth-order valence-corrected chi connectivity index (χ4v) is 8.10. The summed E-state index contributed by atoms with van der Waals surface area (Å²) in [5.74, 6) is -0.371. The van der Waals surface area contributed by atoms with Crippen LogP contribution in [0.2, 0.25) is 5.15 Å². The third kappa shape index (κ3) is 4.80. The third-order valence-electron chi connectivity index (χ3n) is 9.19. The lowest BCUT2D eigenvalue weighted by atomic mass is 9.47. The average Bonchev–Trinajstić information content (AvgIpc) is 3.30. The van der Waals surface area contributed by atoms with Crippen molar-refractivity contribution in [2.75, 3.05) is 25.0 Å². The van der Waals surface area contributed by atoms with Crippen molar-refractivity contribution in [3.63, 3.8) is 0 Å². The molecule has 5 rings (SSSR count). The maximum Gasteiger partial charge on any atom is 0.257 e. The summed E-state index contributed by atoms with van der Waals surface area (Å²) in [4.78, 5) is 38.2. The fraction of sp³-hybridized carbons (Fsp3) is 0.630. The highest BCUT2D eigenvalue weighted by Gasteiger charge is 2.59. The SMILES string of the molecule is C[C@]1(CO)[C@H]2Cc3sc(NC(=O)c4ccnc(Cl)c4)nc3[C@@H](CC(=O)N3CCCCC3)[C@]2(C)CC[C@H]1O. The van der Waals surface area contributed by atoms with Crippen LogP contribution in [0.1, 0.15) is 79.2 Å². The van der Waals surface area contributed by atoms with E-state index in [0.29, 0.717) is 30.0 Å². The zero-order chi connectivity index (χ0) is 26.4. The highest BCUT2D eigenvalue weighted by Crippen LogP contribution is 2.63. The smallest absolute Gasteiger partial charge is 0.257 e. The van der Waals surface area contributed by atoms with E-state index in [1.54, 1.807) is 6.07 Å². The Kier molecular flexibility index (Phi) is 7.35. The van der Waals surface area contributed by atoms with Crippen LogP contribution in [-0.2, 0) is 11.2 Å². The molecule has 1 aliphatic heterocycles. The summed E-state index contributed by atoms with van der Waals surface area (Å²) in [5, 5.41) is 25.0. The minimum Gasteiger partial charge on any atom is -0.396 e. The zero-order valence-electron chi connectivity index (χ0n) is 21.4. The lowest BCUT2D eigenvalue weighted by molar-refractivity contribution is -0.147. The van der Waals surface area contributed by atoms with Crippen LogP contribution in [0.25, 0.3) is 0 Å². The molecule has 2 fully saturated rings. The number of nitrogens with zero attached hydrogens (tertiary/aromatic N) is 3. The van der Waals surface area contributed by atoms with E-state index in [4.69, 9.17) is 16.6 Å². The minimum absolute atomic E-state index is 0.0246. The molecule has 37 heavy (non-hydrogen) atoms. The molecule has 200 valence electrons. The molecule has 0 bridgehead atoms. The number of carbonyl (C=O) groups excluding carboxylic acids is 2. The lowest BCUT2D eigenvalue weighted by Crippen LogP contribution is -2.57. The summed E-state index contributed by atoms with van der Waals surface area (Å²) in [6.07, 6.45) is 6.40. The molecule has 10 heteroatoms. The second-order valence-corrected chi connectivity index (χ2v) is 12.8. The van der Waals surface area contributed by atoms with Crippen LogP contribution >= 0.6 is 22.9 Å². The number of aliphatic hydroxyl groups is 2. The maximum atomic E-state index is 13.5. The molecule has 2 aromatic heterocycles. The highest BCUT2D eigenvalue weighted by molar-refractivity contribution is 7.15. The van der Waals surface area contributed by atoms with Gasteiger partial charge in [0.2, 0.25) is 5.91 Å². The third-order valence-corrected chi connectivity index (χ3v) is 10.4. The molecule has 3 N–H and O–H groups in total. The first-order valence-corrected chi connectivity index (χ1v) is 14.3. The number of piperidine rings is 1. The number of pyridine rings is 1. The Labute approximate surface area is 226 Å². The number of amides is 2. The first-order valence-electron chi connectivity index (χ1n) is 13.1. The lowest BCUT2D eigenvalue weighted by Gasteiger charge is -2.58. The zero-order valence-corrected chi connectivity index (χ0v) is 22.9. The van der Waals surface area contributed by atoms with Gasteiger partial charge in [0.25, 0.3) is 5.91 Å². The predicted octanol–water partition coefficient (Wildman–Crippen LogP) is 4.26. The second kappa shape index (κ2) is 10.2. The number of likely N-dealkylation sites (tertiary alicyclic amines) is 1. The molecule has 1 saturated carbocycles. The molecule has 8 nitrogen and oxygen atoms in total. The van der Waals surface area contributed by atoms with Crippen LogP contribution < -0.4 is 5.32 Å². The molecule has 5 atom stereocenters. The van der Waals surface area contributed by atoms with Crippen molar-refractivity contribution in [2.45, 2.75) is 70.8 Å².